The summed E-state index contributed by atoms with van der Waals surface area (Å²) in [6.07, 6.45) is 3.62. The highest BCUT2D eigenvalue weighted by atomic mass is 79.9. The van der Waals surface area contributed by atoms with Gasteiger partial charge >= 0.3 is 0 Å². The Kier molecular flexibility index (Phi) is 5.67. The number of nitrogens with zero attached hydrogens (tertiary/aromatic N) is 1. The van der Waals surface area contributed by atoms with Gasteiger partial charge < -0.3 is 10.5 Å². The second-order valence-corrected chi connectivity index (χ2v) is 5.81. The number of halogens is 1. The van der Waals surface area contributed by atoms with E-state index in [0.29, 0.717) is 12.6 Å². The van der Waals surface area contributed by atoms with E-state index in [4.69, 9.17) is 10.5 Å². The van der Waals surface area contributed by atoms with Crippen molar-refractivity contribution in [2.24, 2.45) is 5.73 Å². The molecule has 2 N–H and O–H groups in total. The molecule has 1 saturated heterocycles. The minimum Gasteiger partial charge on any atom is -0.493 e. The van der Waals surface area contributed by atoms with E-state index in [1.54, 1.807) is 0 Å². The molecule has 1 fully saturated rings. The van der Waals surface area contributed by atoms with Crippen LogP contribution in [0.5, 0.6) is 5.75 Å². The molecule has 1 aliphatic heterocycles. The van der Waals surface area contributed by atoms with Crippen LogP contribution < -0.4 is 10.5 Å². The Bertz CT molecular complexity index is 405. The van der Waals surface area contributed by atoms with Crippen molar-refractivity contribution >= 4 is 15.9 Å². The number of nitrogens with two attached hydrogens (primary N) is 1. The smallest absolute Gasteiger partial charge is 0.133 e. The van der Waals surface area contributed by atoms with Crippen molar-refractivity contribution in [2.45, 2.75) is 32.2 Å². The van der Waals surface area contributed by atoms with Crippen LogP contribution in [0, 0.1) is 0 Å². The minimum absolute atomic E-state index is 0.444. The Morgan fingerprint density at radius 1 is 1.37 bits per heavy atom. The SMILES string of the molecule is CCOc1ccc(C(CCN)N2CCCC2)cc1Br. The molecule has 2 rings (SSSR count). The van der Waals surface area contributed by atoms with Gasteiger partial charge in [-0.1, -0.05) is 6.07 Å². The summed E-state index contributed by atoms with van der Waals surface area (Å²) in [5.41, 5.74) is 7.12. The monoisotopic (exact) mass is 326 g/mol. The van der Waals surface area contributed by atoms with Gasteiger partial charge in [0.1, 0.15) is 5.75 Å². The summed E-state index contributed by atoms with van der Waals surface area (Å²) in [6.45, 7) is 5.80. The first-order valence-electron chi connectivity index (χ1n) is 7.12. The van der Waals surface area contributed by atoms with Crippen molar-refractivity contribution in [3.8, 4) is 5.75 Å². The Morgan fingerprint density at radius 2 is 2.11 bits per heavy atom. The summed E-state index contributed by atoms with van der Waals surface area (Å²) >= 11 is 3.60. The summed E-state index contributed by atoms with van der Waals surface area (Å²) in [6, 6.07) is 6.86. The number of hydrogen-bond acceptors (Lipinski definition) is 3. The normalized spacial score (nSPS) is 17.6. The summed E-state index contributed by atoms with van der Waals surface area (Å²) in [7, 11) is 0. The number of benzene rings is 1. The molecule has 0 aromatic heterocycles. The maximum Gasteiger partial charge on any atom is 0.133 e. The molecule has 0 bridgehead atoms. The first-order chi connectivity index (χ1) is 9.26. The molecule has 0 spiro atoms. The standard InChI is InChI=1S/C15H23BrN2O/c1-2-19-15-6-5-12(11-13(15)16)14(7-8-17)18-9-3-4-10-18/h5-6,11,14H,2-4,7-10,17H2,1H3. The van der Waals surface area contributed by atoms with Crippen LogP contribution in [-0.2, 0) is 0 Å². The second kappa shape index (κ2) is 7.27. The van der Waals surface area contributed by atoms with Gasteiger partial charge in [-0.3, -0.25) is 4.90 Å². The Morgan fingerprint density at radius 3 is 2.68 bits per heavy atom. The van der Waals surface area contributed by atoms with E-state index in [2.05, 4.69) is 39.0 Å². The van der Waals surface area contributed by atoms with Crippen molar-refractivity contribution in [3.63, 3.8) is 0 Å². The summed E-state index contributed by atoms with van der Waals surface area (Å²) < 4.78 is 6.61. The third-order valence-electron chi connectivity index (χ3n) is 3.66. The maximum absolute atomic E-state index is 5.79. The van der Waals surface area contributed by atoms with Crippen LogP contribution in [0.3, 0.4) is 0 Å². The minimum atomic E-state index is 0.444. The van der Waals surface area contributed by atoms with Gasteiger partial charge in [0, 0.05) is 6.04 Å². The molecule has 1 heterocycles. The van der Waals surface area contributed by atoms with Crippen LogP contribution in [0.25, 0.3) is 0 Å². The number of likely N-dealkylation sites (tertiary alicyclic amines) is 1. The van der Waals surface area contributed by atoms with Gasteiger partial charge in [0.25, 0.3) is 0 Å². The van der Waals surface area contributed by atoms with Crippen LogP contribution in [0.1, 0.15) is 37.8 Å². The van der Waals surface area contributed by atoms with Crippen molar-refractivity contribution in [2.75, 3.05) is 26.2 Å². The summed E-state index contributed by atoms with van der Waals surface area (Å²) in [4.78, 5) is 2.55. The second-order valence-electron chi connectivity index (χ2n) is 4.96. The van der Waals surface area contributed by atoms with E-state index in [0.717, 1.165) is 23.2 Å². The highest BCUT2D eigenvalue weighted by Gasteiger charge is 2.23. The van der Waals surface area contributed by atoms with Gasteiger partial charge in [-0.15, -0.1) is 0 Å². The number of hydrogen-bond donors (Lipinski definition) is 1. The predicted molar refractivity (Wildman–Crippen MR) is 82.5 cm³/mol. The predicted octanol–water partition coefficient (Wildman–Crippen LogP) is 3.33. The van der Waals surface area contributed by atoms with Gasteiger partial charge in [-0.2, -0.15) is 0 Å². The van der Waals surface area contributed by atoms with Crippen molar-refractivity contribution < 1.29 is 4.74 Å². The molecular weight excluding hydrogens is 304 g/mol. The fraction of sp³-hybridized carbons (Fsp3) is 0.600. The molecule has 4 heteroatoms. The molecule has 3 nitrogen and oxygen atoms in total. The molecule has 1 unspecified atom stereocenters. The van der Waals surface area contributed by atoms with Gasteiger partial charge in [0.05, 0.1) is 11.1 Å². The third kappa shape index (κ3) is 3.71. The van der Waals surface area contributed by atoms with Crippen LogP contribution in [0.4, 0.5) is 0 Å². The third-order valence-corrected chi connectivity index (χ3v) is 4.28. The van der Waals surface area contributed by atoms with Crippen molar-refractivity contribution in [1.82, 2.24) is 4.90 Å². The fourth-order valence-electron chi connectivity index (χ4n) is 2.77. The van der Waals surface area contributed by atoms with Gasteiger partial charge in [0.15, 0.2) is 0 Å². The summed E-state index contributed by atoms with van der Waals surface area (Å²) in [5.74, 6) is 0.916. The van der Waals surface area contributed by atoms with Crippen LogP contribution >= 0.6 is 15.9 Å². The Labute approximate surface area is 124 Å². The summed E-state index contributed by atoms with van der Waals surface area (Å²) in [5, 5.41) is 0. The number of rotatable bonds is 6. The molecule has 19 heavy (non-hydrogen) atoms. The molecule has 106 valence electrons. The average molecular weight is 327 g/mol. The van der Waals surface area contributed by atoms with E-state index in [1.165, 1.54) is 31.5 Å². The van der Waals surface area contributed by atoms with Gasteiger partial charge in [-0.25, -0.2) is 0 Å². The number of ether oxygens (including phenoxy) is 1. The van der Waals surface area contributed by atoms with Crippen molar-refractivity contribution in [3.05, 3.63) is 28.2 Å². The Balaban J connectivity index is 2.18. The molecule has 0 aliphatic carbocycles. The van der Waals surface area contributed by atoms with Crippen molar-refractivity contribution in [1.29, 1.82) is 0 Å². The zero-order valence-corrected chi connectivity index (χ0v) is 13.2. The van der Waals surface area contributed by atoms with E-state index in [1.807, 2.05) is 6.92 Å². The molecule has 1 aliphatic rings. The molecule has 0 saturated carbocycles. The lowest BCUT2D eigenvalue weighted by atomic mass is 10.0. The topological polar surface area (TPSA) is 38.5 Å². The highest BCUT2D eigenvalue weighted by molar-refractivity contribution is 9.10. The lowest BCUT2D eigenvalue weighted by Crippen LogP contribution is -2.27. The first kappa shape index (κ1) is 14.8. The Hall–Kier alpha value is -0.580. The quantitative estimate of drug-likeness (QED) is 0.871. The van der Waals surface area contributed by atoms with Gasteiger partial charge in [0.2, 0.25) is 0 Å². The largest absolute Gasteiger partial charge is 0.493 e. The highest BCUT2D eigenvalue weighted by Crippen LogP contribution is 2.33. The lowest BCUT2D eigenvalue weighted by molar-refractivity contribution is 0.235. The molecule has 0 amide bonds. The van der Waals surface area contributed by atoms with E-state index in [9.17, 15) is 0 Å². The zero-order valence-electron chi connectivity index (χ0n) is 11.6. The first-order valence-corrected chi connectivity index (χ1v) is 7.92. The molecule has 1 aromatic rings. The fourth-order valence-corrected chi connectivity index (χ4v) is 3.28. The van der Waals surface area contributed by atoms with Crippen LogP contribution in [-0.4, -0.2) is 31.1 Å². The lowest BCUT2D eigenvalue weighted by Gasteiger charge is -2.28. The van der Waals surface area contributed by atoms with Gasteiger partial charge in [-0.05, 0) is 79.4 Å². The molecule has 0 radical (unpaired) electrons. The van der Waals surface area contributed by atoms with E-state index in [-0.39, 0.29) is 0 Å². The molecule has 1 aromatic carbocycles. The average Bonchev–Trinajstić information content (AvgIpc) is 2.92. The van der Waals surface area contributed by atoms with Crippen LogP contribution in [0.15, 0.2) is 22.7 Å². The van der Waals surface area contributed by atoms with E-state index >= 15 is 0 Å². The van der Waals surface area contributed by atoms with E-state index < -0.39 is 0 Å². The molecule has 1 atom stereocenters. The molecular formula is C15H23BrN2O. The maximum atomic E-state index is 5.79. The zero-order chi connectivity index (χ0) is 13.7. The van der Waals surface area contributed by atoms with Crippen LogP contribution in [0.2, 0.25) is 0 Å².